The number of benzene rings is 1. The fraction of sp³-hybridized carbons (Fsp3) is 0.368. The topological polar surface area (TPSA) is 75.4 Å². The first-order valence-corrected chi connectivity index (χ1v) is 10.6. The second kappa shape index (κ2) is 8.86. The lowest BCUT2D eigenvalue weighted by atomic mass is 10.0. The van der Waals surface area contributed by atoms with Crippen LogP contribution in [0.2, 0.25) is 0 Å². The molecule has 1 aliphatic heterocycles. The van der Waals surface area contributed by atoms with Gasteiger partial charge in [0.2, 0.25) is 5.91 Å². The molecule has 5 nitrogen and oxygen atoms in total. The monoisotopic (exact) mass is 407 g/mol. The van der Waals surface area contributed by atoms with Gasteiger partial charge in [0.05, 0.1) is 5.56 Å². The summed E-state index contributed by atoms with van der Waals surface area (Å²) in [7, 11) is 0. The van der Waals surface area contributed by atoms with Gasteiger partial charge in [-0.15, -0.1) is 23.1 Å². The maximum atomic E-state index is 12.9. The molecular formula is C19H22FN3O2S2. The summed E-state index contributed by atoms with van der Waals surface area (Å²) in [4.78, 5) is 28.6. The highest BCUT2D eigenvalue weighted by Crippen LogP contribution is 2.37. The lowest BCUT2D eigenvalue weighted by Crippen LogP contribution is -2.30. The number of carbonyl (C=O) groups excluding carboxylic acids is 2. The molecule has 0 aliphatic carbocycles. The van der Waals surface area contributed by atoms with Crippen LogP contribution in [0.1, 0.15) is 34.1 Å². The molecule has 2 aromatic rings. The van der Waals surface area contributed by atoms with Gasteiger partial charge < -0.3 is 11.1 Å². The van der Waals surface area contributed by atoms with Gasteiger partial charge in [-0.3, -0.25) is 14.5 Å². The van der Waals surface area contributed by atoms with Crippen molar-refractivity contribution >= 4 is 39.9 Å². The van der Waals surface area contributed by atoms with E-state index in [2.05, 4.69) is 17.1 Å². The van der Waals surface area contributed by atoms with Crippen molar-refractivity contribution in [3.05, 3.63) is 46.1 Å². The van der Waals surface area contributed by atoms with Crippen LogP contribution in [0.25, 0.3) is 0 Å². The molecule has 0 radical (unpaired) electrons. The molecule has 0 atom stereocenters. The molecule has 0 spiro atoms. The normalized spacial score (nSPS) is 14.0. The van der Waals surface area contributed by atoms with E-state index in [0.29, 0.717) is 22.7 Å². The van der Waals surface area contributed by atoms with Crippen molar-refractivity contribution in [2.45, 2.75) is 31.2 Å². The standard InChI is InChI=1S/C19H22FN3O2S2/c1-2-23-9-7-14-15(11-23)27-19(17(14)18(21)25)22-16(24)8-10-26-13-5-3-12(20)4-6-13/h3-6H,2,7-11H2,1H3,(H2,21,25)(H,22,24). The average Bonchev–Trinajstić information content (AvgIpc) is 3.00. The Morgan fingerprint density at radius 3 is 2.74 bits per heavy atom. The summed E-state index contributed by atoms with van der Waals surface area (Å²) >= 11 is 2.93. The number of thioether (sulfide) groups is 1. The number of halogens is 1. The number of likely N-dealkylation sites (N-methyl/N-ethyl adjacent to an activating group) is 1. The summed E-state index contributed by atoms with van der Waals surface area (Å²) in [5.41, 5.74) is 7.03. The zero-order valence-electron chi connectivity index (χ0n) is 15.1. The smallest absolute Gasteiger partial charge is 0.251 e. The van der Waals surface area contributed by atoms with Gasteiger partial charge in [0.1, 0.15) is 10.8 Å². The van der Waals surface area contributed by atoms with Crippen LogP contribution in [0, 0.1) is 5.82 Å². The van der Waals surface area contributed by atoms with E-state index in [-0.39, 0.29) is 11.7 Å². The minimum atomic E-state index is -0.492. The first-order valence-electron chi connectivity index (χ1n) is 8.82. The first kappa shape index (κ1) is 19.9. The number of hydrogen-bond acceptors (Lipinski definition) is 5. The highest BCUT2D eigenvalue weighted by molar-refractivity contribution is 7.99. The van der Waals surface area contributed by atoms with E-state index in [0.717, 1.165) is 41.4 Å². The van der Waals surface area contributed by atoms with Crippen LogP contribution >= 0.6 is 23.1 Å². The zero-order chi connectivity index (χ0) is 19.4. The summed E-state index contributed by atoms with van der Waals surface area (Å²) in [6.45, 7) is 4.73. The molecular weight excluding hydrogens is 385 g/mol. The van der Waals surface area contributed by atoms with Gasteiger partial charge in [-0.05, 0) is 42.8 Å². The molecule has 27 heavy (non-hydrogen) atoms. The van der Waals surface area contributed by atoms with Crippen molar-refractivity contribution in [1.82, 2.24) is 4.90 Å². The van der Waals surface area contributed by atoms with Gasteiger partial charge in [-0.1, -0.05) is 6.92 Å². The molecule has 3 rings (SSSR count). The first-order chi connectivity index (χ1) is 13.0. The van der Waals surface area contributed by atoms with E-state index in [4.69, 9.17) is 5.73 Å². The Kier molecular flexibility index (Phi) is 6.51. The number of primary amides is 1. The van der Waals surface area contributed by atoms with Crippen LogP contribution in [-0.2, 0) is 17.8 Å². The van der Waals surface area contributed by atoms with Crippen molar-refractivity contribution < 1.29 is 14.0 Å². The second-order valence-electron chi connectivity index (χ2n) is 6.29. The Morgan fingerprint density at radius 1 is 1.33 bits per heavy atom. The van der Waals surface area contributed by atoms with Crippen molar-refractivity contribution in [3.63, 3.8) is 0 Å². The number of rotatable bonds is 7. The van der Waals surface area contributed by atoms with Crippen molar-refractivity contribution in [3.8, 4) is 0 Å². The Bertz CT molecular complexity index is 836. The SMILES string of the molecule is CCN1CCc2c(sc(NC(=O)CCSc3ccc(F)cc3)c2C(N)=O)C1. The highest BCUT2D eigenvalue weighted by atomic mass is 32.2. The van der Waals surface area contributed by atoms with E-state index in [1.54, 1.807) is 12.1 Å². The van der Waals surface area contributed by atoms with Crippen molar-refractivity contribution in [2.24, 2.45) is 5.73 Å². The lowest BCUT2D eigenvalue weighted by Gasteiger charge is -2.25. The van der Waals surface area contributed by atoms with Gasteiger partial charge in [-0.25, -0.2) is 4.39 Å². The molecule has 0 fully saturated rings. The molecule has 0 saturated heterocycles. The van der Waals surface area contributed by atoms with Crippen LogP contribution < -0.4 is 11.1 Å². The number of hydrogen-bond donors (Lipinski definition) is 2. The molecule has 0 saturated carbocycles. The Labute approximate surface area is 166 Å². The number of nitrogens with zero attached hydrogens (tertiary/aromatic N) is 1. The van der Waals surface area contributed by atoms with Gasteiger partial charge >= 0.3 is 0 Å². The Hall–Kier alpha value is -1.90. The van der Waals surface area contributed by atoms with E-state index < -0.39 is 5.91 Å². The Morgan fingerprint density at radius 2 is 2.07 bits per heavy atom. The average molecular weight is 408 g/mol. The number of thiophene rings is 1. The van der Waals surface area contributed by atoms with E-state index in [9.17, 15) is 14.0 Å². The van der Waals surface area contributed by atoms with Gasteiger partial charge in [0, 0.05) is 35.0 Å². The molecule has 0 unspecified atom stereocenters. The van der Waals surface area contributed by atoms with Crippen LogP contribution in [-0.4, -0.2) is 35.6 Å². The Balaban J connectivity index is 1.62. The molecule has 2 heterocycles. The lowest BCUT2D eigenvalue weighted by molar-refractivity contribution is -0.115. The zero-order valence-corrected chi connectivity index (χ0v) is 16.7. The van der Waals surface area contributed by atoms with E-state index in [1.165, 1.54) is 35.2 Å². The fourth-order valence-corrected chi connectivity index (χ4v) is 5.22. The molecule has 8 heteroatoms. The van der Waals surface area contributed by atoms with Crippen molar-refractivity contribution in [2.75, 3.05) is 24.2 Å². The second-order valence-corrected chi connectivity index (χ2v) is 8.56. The van der Waals surface area contributed by atoms with Crippen LogP contribution in [0.3, 0.4) is 0 Å². The number of anilines is 1. The predicted octanol–water partition coefficient (Wildman–Crippen LogP) is 3.49. The number of amides is 2. The summed E-state index contributed by atoms with van der Waals surface area (Å²) in [5.74, 6) is -0.358. The van der Waals surface area contributed by atoms with E-state index in [1.807, 2.05) is 0 Å². The van der Waals surface area contributed by atoms with Gasteiger partial charge in [0.25, 0.3) is 5.91 Å². The van der Waals surface area contributed by atoms with Crippen LogP contribution in [0.15, 0.2) is 29.2 Å². The highest BCUT2D eigenvalue weighted by Gasteiger charge is 2.27. The minimum Gasteiger partial charge on any atom is -0.365 e. The quantitative estimate of drug-likeness (QED) is 0.689. The summed E-state index contributed by atoms with van der Waals surface area (Å²) < 4.78 is 12.9. The third-order valence-corrected chi connectivity index (χ3v) is 6.64. The number of fused-ring (bicyclic) bond motifs is 1. The van der Waals surface area contributed by atoms with Crippen molar-refractivity contribution in [1.29, 1.82) is 0 Å². The minimum absolute atomic E-state index is 0.155. The maximum absolute atomic E-state index is 12.9. The third kappa shape index (κ3) is 4.88. The van der Waals surface area contributed by atoms with Crippen LogP contribution in [0.5, 0.6) is 0 Å². The largest absolute Gasteiger partial charge is 0.365 e. The number of carbonyl (C=O) groups is 2. The van der Waals surface area contributed by atoms with E-state index >= 15 is 0 Å². The number of nitrogens with one attached hydrogen (secondary N) is 1. The molecule has 1 aliphatic rings. The molecule has 1 aromatic heterocycles. The van der Waals surface area contributed by atoms with Gasteiger partial charge in [0.15, 0.2) is 0 Å². The van der Waals surface area contributed by atoms with Crippen LogP contribution in [0.4, 0.5) is 9.39 Å². The molecule has 3 N–H and O–H groups in total. The molecule has 0 bridgehead atoms. The molecule has 144 valence electrons. The maximum Gasteiger partial charge on any atom is 0.251 e. The summed E-state index contributed by atoms with van der Waals surface area (Å²) in [6.07, 6.45) is 1.07. The third-order valence-electron chi connectivity index (χ3n) is 4.49. The summed E-state index contributed by atoms with van der Waals surface area (Å²) in [6, 6.07) is 6.18. The summed E-state index contributed by atoms with van der Waals surface area (Å²) in [5, 5.41) is 3.42. The van der Waals surface area contributed by atoms with Gasteiger partial charge in [-0.2, -0.15) is 0 Å². The molecule has 1 aromatic carbocycles. The predicted molar refractivity (Wildman–Crippen MR) is 108 cm³/mol. The fourth-order valence-electron chi connectivity index (χ4n) is 3.06. The molecule has 2 amide bonds. The number of nitrogens with two attached hydrogens (primary N) is 1.